The number of hydrogen-bond acceptors (Lipinski definition) is 2. The molecule has 0 heterocycles. The summed E-state index contributed by atoms with van der Waals surface area (Å²) in [5.74, 6) is 0.976. The van der Waals surface area contributed by atoms with Crippen molar-refractivity contribution in [1.29, 1.82) is 0 Å². The van der Waals surface area contributed by atoms with Crippen LogP contribution in [0.1, 0.15) is 57.8 Å². The summed E-state index contributed by atoms with van der Waals surface area (Å²) in [5, 5.41) is 0. The van der Waals surface area contributed by atoms with Crippen LogP contribution in [0.2, 0.25) is 0 Å². The maximum absolute atomic E-state index is 5.92. The lowest BCUT2D eigenvalue weighted by Crippen LogP contribution is -2.40. The van der Waals surface area contributed by atoms with Crippen LogP contribution in [-0.2, 0) is 0 Å². The van der Waals surface area contributed by atoms with Gasteiger partial charge in [0, 0.05) is 6.54 Å². The van der Waals surface area contributed by atoms with Crippen LogP contribution >= 0.6 is 0 Å². The number of hydrogen-bond donors (Lipinski definition) is 1. The molecule has 2 nitrogen and oxygen atoms in total. The predicted octanol–water partition coefficient (Wildman–Crippen LogP) is 3.02. The smallest absolute Gasteiger partial charge is 0.000661 e. The number of nitrogens with zero attached hydrogens (tertiary/aromatic N) is 1. The van der Waals surface area contributed by atoms with Gasteiger partial charge in [0.15, 0.2) is 0 Å². The Bertz CT molecular complexity index is 211. The lowest BCUT2D eigenvalue weighted by molar-refractivity contribution is 0.106. The van der Waals surface area contributed by atoms with Gasteiger partial charge in [-0.25, -0.2) is 0 Å². The first-order valence-electron chi connectivity index (χ1n) is 7.63. The molecule has 100 valence electrons. The van der Waals surface area contributed by atoms with Gasteiger partial charge in [-0.1, -0.05) is 25.7 Å². The van der Waals surface area contributed by atoms with Crippen molar-refractivity contribution in [3.63, 3.8) is 0 Å². The molecule has 2 heteroatoms. The Balaban J connectivity index is 1.64. The Morgan fingerprint density at radius 2 is 1.82 bits per heavy atom. The van der Waals surface area contributed by atoms with Gasteiger partial charge < -0.3 is 10.6 Å². The van der Waals surface area contributed by atoms with Gasteiger partial charge in [0.05, 0.1) is 0 Å². The predicted molar refractivity (Wildman–Crippen MR) is 74.0 cm³/mol. The van der Waals surface area contributed by atoms with Crippen LogP contribution in [-0.4, -0.2) is 31.6 Å². The van der Waals surface area contributed by atoms with E-state index >= 15 is 0 Å². The lowest BCUT2D eigenvalue weighted by Gasteiger charge is -2.42. The molecule has 0 radical (unpaired) electrons. The van der Waals surface area contributed by atoms with E-state index < -0.39 is 0 Å². The van der Waals surface area contributed by atoms with E-state index in [-0.39, 0.29) is 0 Å². The molecule has 17 heavy (non-hydrogen) atoms. The second-order valence-corrected chi connectivity index (χ2v) is 6.57. The van der Waals surface area contributed by atoms with Crippen LogP contribution in [0.15, 0.2) is 0 Å². The molecule has 0 amide bonds. The van der Waals surface area contributed by atoms with Crippen molar-refractivity contribution in [2.45, 2.75) is 57.8 Å². The molecule has 0 atom stereocenters. The van der Waals surface area contributed by atoms with E-state index in [2.05, 4.69) is 11.9 Å². The van der Waals surface area contributed by atoms with E-state index in [0.717, 1.165) is 12.5 Å². The Labute approximate surface area is 107 Å². The highest BCUT2D eigenvalue weighted by Crippen LogP contribution is 2.42. The summed E-state index contributed by atoms with van der Waals surface area (Å²) in [6.45, 7) is 3.48. The van der Waals surface area contributed by atoms with E-state index in [9.17, 15) is 0 Å². The molecule has 2 aliphatic carbocycles. The van der Waals surface area contributed by atoms with Gasteiger partial charge in [0.1, 0.15) is 0 Å². The van der Waals surface area contributed by atoms with Crippen LogP contribution in [0.5, 0.6) is 0 Å². The van der Waals surface area contributed by atoms with E-state index in [0.29, 0.717) is 5.41 Å². The highest BCUT2D eigenvalue weighted by molar-refractivity contribution is 4.89. The summed E-state index contributed by atoms with van der Waals surface area (Å²) >= 11 is 0. The van der Waals surface area contributed by atoms with Crippen molar-refractivity contribution in [2.75, 3.05) is 26.7 Å². The summed E-state index contributed by atoms with van der Waals surface area (Å²) in [6.07, 6.45) is 12.8. The lowest BCUT2D eigenvalue weighted by atomic mass is 9.66. The quantitative estimate of drug-likeness (QED) is 0.771. The molecule has 2 rings (SSSR count). The number of rotatable bonds is 6. The molecule has 0 aromatic rings. The van der Waals surface area contributed by atoms with Crippen LogP contribution < -0.4 is 5.73 Å². The maximum atomic E-state index is 5.92. The van der Waals surface area contributed by atoms with Gasteiger partial charge in [-0.3, -0.25) is 0 Å². The van der Waals surface area contributed by atoms with Crippen molar-refractivity contribution in [3.8, 4) is 0 Å². The topological polar surface area (TPSA) is 29.3 Å². The third kappa shape index (κ3) is 3.69. The minimum Gasteiger partial charge on any atom is -0.330 e. The molecule has 2 fully saturated rings. The zero-order chi connectivity index (χ0) is 12.1. The summed E-state index contributed by atoms with van der Waals surface area (Å²) in [7, 11) is 2.30. The van der Waals surface area contributed by atoms with Crippen LogP contribution in [0.4, 0.5) is 0 Å². The molecular formula is C15H30N2. The highest BCUT2D eigenvalue weighted by atomic mass is 15.1. The molecule has 0 spiro atoms. The fraction of sp³-hybridized carbons (Fsp3) is 1.00. The largest absolute Gasteiger partial charge is 0.330 e. The van der Waals surface area contributed by atoms with Crippen molar-refractivity contribution < 1.29 is 0 Å². The van der Waals surface area contributed by atoms with Crippen molar-refractivity contribution in [2.24, 2.45) is 17.1 Å². The minimum absolute atomic E-state index is 0.529. The second-order valence-electron chi connectivity index (χ2n) is 6.57. The highest BCUT2D eigenvalue weighted by Gasteiger charge is 2.35. The average Bonchev–Trinajstić information content (AvgIpc) is 2.29. The summed E-state index contributed by atoms with van der Waals surface area (Å²) in [6, 6.07) is 0. The number of nitrogens with two attached hydrogens (primary N) is 1. The molecule has 2 saturated carbocycles. The van der Waals surface area contributed by atoms with Crippen LogP contribution in [0.25, 0.3) is 0 Å². The van der Waals surface area contributed by atoms with Gasteiger partial charge in [-0.2, -0.15) is 0 Å². The normalized spacial score (nSPS) is 24.9. The summed E-state index contributed by atoms with van der Waals surface area (Å²) in [5.41, 5.74) is 6.45. The third-order valence-corrected chi connectivity index (χ3v) is 5.17. The van der Waals surface area contributed by atoms with Gasteiger partial charge in [-0.05, 0) is 63.6 Å². The average molecular weight is 238 g/mol. The van der Waals surface area contributed by atoms with Crippen LogP contribution in [0.3, 0.4) is 0 Å². The SMILES string of the molecule is CN(CCC1(CN)CCC1)CC1CCCCC1. The first-order valence-corrected chi connectivity index (χ1v) is 7.63. The second kappa shape index (κ2) is 6.19. The molecular weight excluding hydrogens is 208 g/mol. The Morgan fingerprint density at radius 3 is 2.35 bits per heavy atom. The van der Waals surface area contributed by atoms with E-state index in [1.165, 1.54) is 70.9 Å². The molecule has 0 aliphatic heterocycles. The van der Waals surface area contributed by atoms with Crippen molar-refractivity contribution in [3.05, 3.63) is 0 Å². The zero-order valence-electron chi connectivity index (χ0n) is 11.6. The first-order chi connectivity index (χ1) is 8.24. The maximum Gasteiger partial charge on any atom is 0.000661 e. The van der Waals surface area contributed by atoms with Gasteiger partial charge in [0.2, 0.25) is 0 Å². The zero-order valence-corrected chi connectivity index (χ0v) is 11.6. The molecule has 2 aliphatic rings. The van der Waals surface area contributed by atoms with Gasteiger partial charge >= 0.3 is 0 Å². The molecule has 0 aromatic heterocycles. The van der Waals surface area contributed by atoms with Gasteiger partial charge in [0.25, 0.3) is 0 Å². The van der Waals surface area contributed by atoms with E-state index in [1.807, 2.05) is 0 Å². The fourth-order valence-electron chi connectivity index (χ4n) is 3.56. The Hall–Kier alpha value is -0.0800. The molecule has 2 N–H and O–H groups in total. The van der Waals surface area contributed by atoms with Crippen LogP contribution in [0, 0.1) is 11.3 Å². The molecule has 0 bridgehead atoms. The van der Waals surface area contributed by atoms with E-state index in [1.54, 1.807) is 0 Å². The Kier molecular flexibility index (Phi) is 4.87. The van der Waals surface area contributed by atoms with Gasteiger partial charge in [-0.15, -0.1) is 0 Å². The minimum atomic E-state index is 0.529. The molecule has 0 aromatic carbocycles. The first kappa shape index (κ1) is 13.4. The summed E-state index contributed by atoms with van der Waals surface area (Å²) < 4.78 is 0. The van der Waals surface area contributed by atoms with E-state index in [4.69, 9.17) is 5.73 Å². The summed E-state index contributed by atoms with van der Waals surface area (Å²) in [4.78, 5) is 2.56. The Morgan fingerprint density at radius 1 is 1.12 bits per heavy atom. The standard InChI is InChI=1S/C15H30N2/c1-17(12-14-6-3-2-4-7-14)11-10-15(13-16)8-5-9-15/h14H,2-13,16H2,1H3. The monoisotopic (exact) mass is 238 g/mol. The van der Waals surface area contributed by atoms with Crippen molar-refractivity contribution >= 4 is 0 Å². The molecule has 0 saturated heterocycles. The third-order valence-electron chi connectivity index (χ3n) is 5.17. The molecule has 0 unspecified atom stereocenters. The van der Waals surface area contributed by atoms with Crippen molar-refractivity contribution in [1.82, 2.24) is 4.90 Å². The fourth-order valence-corrected chi connectivity index (χ4v) is 3.56.